The lowest BCUT2D eigenvalue weighted by molar-refractivity contribution is -0.0669. The van der Waals surface area contributed by atoms with Gasteiger partial charge in [0.25, 0.3) is 15.9 Å². The Morgan fingerprint density at radius 1 is 1.20 bits per heavy atom. The molecule has 156 valence electrons. The molecule has 0 unspecified atom stereocenters. The molecule has 30 heavy (non-hydrogen) atoms. The van der Waals surface area contributed by atoms with Gasteiger partial charge in [-0.25, -0.2) is 8.42 Å². The molecule has 4 rings (SSSR count). The van der Waals surface area contributed by atoms with Crippen LogP contribution in [0.1, 0.15) is 17.3 Å². The van der Waals surface area contributed by atoms with Crippen molar-refractivity contribution >= 4 is 32.5 Å². The third-order valence-corrected chi connectivity index (χ3v) is 6.33. The molecular formula is C21H21N3O5S. The van der Waals surface area contributed by atoms with Crippen molar-refractivity contribution in [3.8, 4) is 5.75 Å². The highest BCUT2D eigenvalue weighted by molar-refractivity contribution is 7.93. The third kappa shape index (κ3) is 3.69. The first kappa shape index (κ1) is 20.1. The van der Waals surface area contributed by atoms with Gasteiger partial charge in [-0.15, -0.1) is 0 Å². The van der Waals surface area contributed by atoms with E-state index in [-0.39, 0.29) is 35.3 Å². The molecule has 9 heteroatoms. The fourth-order valence-electron chi connectivity index (χ4n) is 3.52. The number of hydrogen-bond donors (Lipinski definition) is 2. The molecule has 3 aromatic rings. The molecule has 0 spiro atoms. The topological polar surface area (TPSA) is 109 Å². The van der Waals surface area contributed by atoms with E-state index in [4.69, 9.17) is 4.74 Å². The normalized spacial score (nSPS) is 15.5. The number of carbonyl (C=O) groups is 1. The molecule has 1 saturated heterocycles. The third-order valence-electron chi connectivity index (χ3n) is 4.92. The summed E-state index contributed by atoms with van der Waals surface area (Å²) < 4.78 is 33.8. The predicted molar refractivity (Wildman–Crippen MR) is 112 cm³/mol. The molecule has 0 bridgehead atoms. The molecular weight excluding hydrogens is 406 g/mol. The Kier molecular flexibility index (Phi) is 4.87. The van der Waals surface area contributed by atoms with E-state index in [2.05, 4.69) is 9.71 Å². The largest absolute Gasteiger partial charge is 0.496 e. The first-order valence-corrected chi connectivity index (χ1v) is 10.7. The lowest BCUT2D eigenvalue weighted by atomic mass is 9.95. The van der Waals surface area contributed by atoms with Gasteiger partial charge in [0.05, 0.1) is 42.6 Å². The van der Waals surface area contributed by atoms with Crippen molar-refractivity contribution in [2.45, 2.75) is 17.4 Å². The van der Waals surface area contributed by atoms with E-state index in [1.807, 2.05) is 0 Å². The number of ether oxygens (including phenoxy) is 1. The van der Waals surface area contributed by atoms with Crippen LogP contribution < -0.4 is 9.46 Å². The quantitative estimate of drug-likeness (QED) is 0.647. The predicted octanol–water partition coefficient (Wildman–Crippen LogP) is 2.25. The van der Waals surface area contributed by atoms with Crippen LogP contribution in [0.2, 0.25) is 0 Å². The molecule has 2 aromatic carbocycles. The van der Waals surface area contributed by atoms with Crippen molar-refractivity contribution < 1.29 is 23.1 Å². The summed E-state index contributed by atoms with van der Waals surface area (Å²) in [5, 5.41) is 10.6. The van der Waals surface area contributed by atoms with E-state index in [1.165, 1.54) is 42.5 Å². The summed E-state index contributed by atoms with van der Waals surface area (Å²) in [5.74, 6) is -0.0474. The standard InChI is InChI=1S/C21H21N3O5S/c1-21(26)12-24(13-21)20(25)16-9-8-15(11-17(16)29-2)23-30(27,28)18-7-3-5-14-6-4-10-22-19(14)18/h3-11,23,26H,12-13H2,1-2H3. The van der Waals surface area contributed by atoms with E-state index in [1.54, 1.807) is 31.2 Å². The van der Waals surface area contributed by atoms with Crippen LogP contribution in [0.4, 0.5) is 5.69 Å². The number of carbonyl (C=O) groups excluding carboxylic acids is 1. The molecule has 1 aliphatic heterocycles. The Morgan fingerprint density at radius 2 is 1.93 bits per heavy atom. The molecule has 2 heterocycles. The number of likely N-dealkylation sites (tertiary alicyclic amines) is 1. The average Bonchev–Trinajstić information content (AvgIpc) is 2.70. The van der Waals surface area contributed by atoms with Crippen LogP contribution in [0, 0.1) is 0 Å². The minimum Gasteiger partial charge on any atom is -0.496 e. The van der Waals surface area contributed by atoms with Gasteiger partial charge >= 0.3 is 0 Å². The van der Waals surface area contributed by atoms with Crippen LogP contribution in [0.5, 0.6) is 5.75 Å². The van der Waals surface area contributed by atoms with E-state index in [0.29, 0.717) is 16.5 Å². The Hall–Kier alpha value is -3.17. The zero-order valence-electron chi connectivity index (χ0n) is 16.5. The van der Waals surface area contributed by atoms with Crippen LogP contribution in [0.3, 0.4) is 0 Å². The van der Waals surface area contributed by atoms with Gasteiger partial charge in [-0.3, -0.25) is 14.5 Å². The van der Waals surface area contributed by atoms with Gasteiger partial charge < -0.3 is 14.7 Å². The SMILES string of the molecule is COc1cc(NS(=O)(=O)c2cccc3cccnc23)ccc1C(=O)N1CC(C)(O)C1. The molecule has 1 aliphatic rings. The lowest BCUT2D eigenvalue weighted by Crippen LogP contribution is -2.61. The van der Waals surface area contributed by atoms with Crippen LogP contribution in [-0.2, 0) is 10.0 Å². The van der Waals surface area contributed by atoms with Crippen molar-refractivity contribution in [2.24, 2.45) is 0 Å². The van der Waals surface area contributed by atoms with Gasteiger partial charge in [0.1, 0.15) is 10.6 Å². The fourth-order valence-corrected chi connectivity index (χ4v) is 4.75. The number of aromatic nitrogens is 1. The van der Waals surface area contributed by atoms with Gasteiger partial charge in [-0.2, -0.15) is 0 Å². The summed E-state index contributed by atoms with van der Waals surface area (Å²) in [6.07, 6.45) is 1.54. The zero-order valence-corrected chi connectivity index (χ0v) is 17.3. The second kappa shape index (κ2) is 7.26. The second-order valence-electron chi connectivity index (χ2n) is 7.51. The zero-order chi connectivity index (χ0) is 21.5. The molecule has 0 saturated carbocycles. The van der Waals surface area contributed by atoms with E-state index in [9.17, 15) is 18.3 Å². The summed E-state index contributed by atoms with van der Waals surface area (Å²) >= 11 is 0. The van der Waals surface area contributed by atoms with Crippen molar-refractivity contribution in [1.82, 2.24) is 9.88 Å². The molecule has 0 radical (unpaired) electrons. The number of methoxy groups -OCH3 is 1. The molecule has 0 atom stereocenters. The number of hydrogen-bond acceptors (Lipinski definition) is 6. The molecule has 8 nitrogen and oxygen atoms in total. The number of sulfonamides is 1. The Labute approximate surface area is 174 Å². The summed E-state index contributed by atoms with van der Waals surface area (Å²) in [6.45, 7) is 2.13. The lowest BCUT2D eigenvalue weighted by Gasteiger charge is -2.44. The minimum atomic E-state index is -3.92. The Balaban J connectivity index is 1.62. The maximum absolute atomic E-state index is 13.0. The van der Waals surface area contributed by atoms with Gasteiger partial charge in [0, 0.05) is 17.6 Å². The number of amides is 1. The van der Waals surface area contributed by atoms with E-state index in [0.717, 1.165) is 0 Å². The van der Waals surface area contributed by atoms with Crippen LogP contribution in [-0.4, -0.2) is 55.1 Å². The van der Waals surface area contributed by atoms with Crippen LogP contribution in [0.15, 0.2) is 59.6 Å². The second-order valence-corrected chi connectivity index (χ2v) is 9.16. The first-order valence-electron chi connectivity index (χ1n) is 9.26. The number of β-amino-alcohol motifs (C(OH)–C–C–N with tert-alkyl or cyclic N) is 1. The smallest absolute Gasteiger partial charge is 0.264 e. The van der Waals surface area contributed by atoms with Crippen LogP contribution in [0.25, 0.3) is 10.9 Å². The molecule has 2 N–H and O–H groups in total. The van der Waals surface area contributed by atoms with E-state index >= 15 is 0 Å². The summed E-state index contributed by atoms with van der Waals surface area (Å²) in [6, 6.07) is 12.9. The fraction of sp³-hybridized carbons (Fsp3) is 0.238. The number of pyridine rings is 1. The highest BCUT2D eigenvalue weighted by Gasteiger charge is 2.40. The van der Waals surface area contributed by atoms with Crippen LogP contribution >= 0.6 is 0 Å². The van der Waals surface area contributed by atoms with Crippen molar-refractivity contribution in [2.75, 3.05) is 24.9 Å². The van der Waals surface area contributed by atoms with Gasteiger partial charge in [0.2, 0.25) is 0 Å². The maximum atomic E-state index is 13.0. The van der Waals surface area contributed by atoms with Crippen molar-refractivity contribution in [3.63, 3.8) is 0 Å². The summed E-state index contributed by atoms with van der Waals surface area (Å²) in [7, 11) is -2.51. The molecule has 0 aliphatic carbocycles. The summed E-state index contributed by atoms with van der Waals surface area (Å²) in [4.78, 5) is 18.4. The van der Waals surface area contributed by atoms with Gasteiger partial charge in [-0.05, 0) is 31.2 Å². The Morgan fingerprint density at radius 3 is 2.63 bits per heavy atom. The Bertz CT molecular complexity index is 1230. The molecule has 1 fully saturated rings. The monoisotopic (exact) mass is 427 g/mol. The van der Waals surface area contributed by atoms with Crippen molar-refractivity contribution in [1.29, 1.82) is 0 Å². The van der Waals surface area contributed by atoms with Crippen molar-refractivity contribution in [3.05, 3.63) is 60.3 Å². The number of nitrogens with zero attached hydrogens (tertiary/aromatic N) is 2. The number of fused-ring (bicyclic) bond motifs is 1. The highest BCUT2D eigenvalue weighted by Crippen LogP contribution is 2.30. The number of para-hydroxylation sites is 1. The van der Waals surface area contributed by atoms with Gasteiger partial charge in [-0.1, -0.05) is 18.2 Å². The average molecular weight is 427 g/mol. The number of nitrogens with one attached hydrogen (secondary N) is 1. The number of rotatable bonds is 5. The molecule has 1 aromatic heterocycles. The first-order chi connectivity index (χ1) is 14.2. The number of aliphatic hydroxyl groups is 1. The summed E-state index contributed by atoms with van der Waals surface area (Å²) in [5.41, 5.74) is 0.0381. The van der Waals surface area contributed by atoms with Gasteiger partial charge in [0.15, 0.2) is 0 Å². The molecule has 1 amide bonds. The minimum absolute atomic E-state index is 0.0579. The number of benzene rings is 2. The van der Waals surface area contributed by atoms with E-state index < -0.39 is 15.6 Å². The number of anilines is 1. The highest BCUT2D eigenvalue weighted by atomic mass is 32.2. The maximum Gasteiger partial charge on any atom is 0.264 e.